The monoisotopic (exact) mass is 314 g/mol. The third-order valence-electron chi connectivity index (χ3n) is 2.40. The number of ether oxygens (including phenoxy) is 1. The van der Waals surface area contributed by atoms with Gasteiger partial charge in [0.15, 0.2) is 0 Å². The van der Waals surface area contributed by atoms with Crippen LogP contribution in [0.4, 0.5) is 4.39 Å². The summed E-state index contributed by atoms with van der Waals surface area (Å²) in [5, 5.41) is 0.362. The van der Waals surface area contributed by atoms with E-state index in [2.05, 4.69) is 15.9 Å². The summed E-state index contributed by atoms with van der Waals surface area (Å²) in [7, 11) is 1.54. The molecule has 2 rings (SSSR count). The van der Waals surface area contributed by atoms with Crippen LogP contribution in [0, 0.1) is 5.82 Å². The van der Waals surface area contributed by atoms with Crippen LogP contribution in [0.3, 0.4) is 0 Å². The largest absolute Gasteiger partial charge is 0.495 e. The first-order valence-corrected chi connectivity index (χ1v) is 6.09. The fourth-order valence-corrected chi connectivity index (χ4v) is 2.46. The highest BCUT2D eigenvalue weighted by atomic mass is 79.9. The van der Waals surface area contributed by atoms with E-state index in [0.29, 0.717) is 21.9 Å². The van der Waals surface area contributed by atoms with E-state index in [0.717, 1.165) is 4.47 Å². The first-order chi connectivity index (χ1) is 8.15. The molecule has 0 unspecified atom stereocenters. The predicted octanol–water partition coefficient (Wildman–Crippen LogP) is 4.92. The van der Waals surface area contributed by atoms with Crippen LogP contribution < -0.4 is 4.74 Å². The van der Waals surface area contributed by atoms with Gasteiger partial charge in [0.25, 0.3) is 0 Å². The summed E-state index contributed by atoms with van der Waals surface area (Å²) in [5.74, 6) is 0.202. The summed E-state index contributed by atoms with van der Waals surface area (Å²) in [5.41, 5.74) is 0.984. The summed E-state index contributed by atoms with van der Waals surface area (Å²) in [6, 6.07) is 10.0. The summed E-state index contributed by atoms with van der Waals surface area (Å²) >= 11 is 9.40. The van der Waals surface area contributed by atoms with Crippen molar-refractivity contribution in [1.29, 1.82) is 0 Å². The molecule has 1 nitrogen and oxygen atoms in total. The SMILES string of the molecule is COc1c(Br)cccc1-c1c(F)cccc1Cl. The molecule has 0 amide bonds. The first kappa shape index (κ1) is 12.4. The molecule has 4 heteroatoms. The van der Waals surface area contributed by atoms with Crippen molar-refractivity contribution < 1.29 is 9.13 Å². The second-order valence-electron chi connectivity index (χ2n) is 3.42. The third kappa shape index (κ3) is 2.31. The third-order valence-corrected chi connectivity index (χ3v) is 3.34. The first-order valence-electron chi connectivity index (χ1n) is 4.92. The summed E-state index contributed by atoms with van der Waals surface area (Å²) in [6.45, 7) is 0. The molecule has 2 aromatic rings. The predicted molar refractivity (Wildman–Crippen MR) is 71.1 cm³/mol. The van der Waals surface area contributed by atoms with Crippen LogP contribution in [0.5, 0.6) is 5.75 Å². The van der Waals surface area contributed by atoms with Crippen LogP contribution in [0.25, 0.3) is 11.1 Å². The lowest BCUT2D eigenvalue weighted by Crippen LogP contribution is -1.92. The fourth-order valence-electron chi connectivity index (χ4n) is 1.67. The quantitative estimate of drug-likeness (QED) is 0.764. The molecule has 88 valence electrons. The van der Waals surface area contributed by atoms with Gasteiger partial charge in [-0.05, 0) is 34.1 Å². The Labute approximate surface area is 112 Å². The van der Waals surface area contributed by atoms with E-state index in [1.807, 2.05) is 12.1 Å². The maximum Gasteiger partial charge on any atom is 0.141 e. The average Bonchev–Trinajstić information content (AvgIpc) is 2.29. The van der Waals surface area contributed by atoms with Crippen molar-refractivity contribution >= 4 is 27.5 Å². The molecule has 0 aliphatic rings. The lowest BCUT2D eigenvalue weighted by Gasteiger charge is -2.12. The standard InChI is InChI=1S/C13H9BrClFO/c1-17-13-8(4-2-5-9(13)14)12-10(15)6-3-7-11(12)16/h2-7H,1H3. The summed E-state index contributed by atoms with van der Waals surface area (Å²) < 4.78 is 19.9. The van der Waals surface area contributed by atoms with E-state index >= 15 is 0 Å². The molecule has 0 N–H and O–H groups in total. The van der Waals surface area contributed by atoms with Crippen molar-refractivity contribution in [3.8, 4) is 16.9 Å². The minimum atomic E-state index is -0.367. The molecule has 0 radical (unpaired) electrons. The Kier molecular flexibility index (Phi) is 3.69. The van der Waals surface area contributed by atoms with Crippen molar-refractivity contribution in [1.82, 2.24) is 0 Å². The van der Waals surface area contributed by atoms with Crippen LogP contribution in [-0.2, 0) is 0 Å². The molecule has 17 heavy (non-hydrogen) atoms. The van der Waals surface area contributed by atoms with Crippen molar-refractivity contribution in [3.05, 3.63) is 51.7 Å². The van der Waals surface area contributed by atoms with Crippen LogP contribution in [0.1, 0.15) is 0 Å². The number of halogens is 3. The summed E-state index contributed by atoms with van der Waals surface area (Å²) in [4.78, 5) is 0. The van der Waals surface area contributed by atoms with Gasteiger partial charge in [-0.25, -0.2) is 4.39 Å². The molecule has 0 aliphatic carbocycles. The molecule has 0 saturated carbocycles. The number of hydrogen-bond acceptors (Lipinski definition) is 1. The van der Waals surface area contributed by atoms with Gasteiger partial charge in [-0.1, -0.05) is 29.8 Å². The number of methoxy groups -OCH3 is 1. The number of hydrogen-bond donors (Lipinski definition) is 0. The Morgan fingerprint density at radius 1 is 1.18 bits per heavy atom. The Morgan fingerprint density at radius 3 is 2.53 bits per heavy atom. The topological polar surface area (TPSA) is 9.23 Å². The molecule has 0 heterocycles. The molecule has 2 aromatic carbocycles. The minimum absolute atomic E-state index is 0.354. The minimum Gasteiger partial charge on any atom is -0.495 e. The Hall–Kier alpha value is -1.06. The second kappa shape index (κ2) is 5.07. The highest BCUT2D eigenvalue weighted by Crippen LogP contribution is 2.40. The van der Waals surface area contributed by atoms with Crippen LogP contribution in [0.15, 0.2) is 40.9 Å². The van der Waals surface area contributed by atoms with E-state index in [4.69, 9.17) is 16.3 Å². The van der Waals surface area contributed by atoms with Crippen molar-refractivity contribution in [3.63, 3.8) is 0 Å². The highest BCUT2D eigenvalue weighted by molar-refractivity contribution is 9.10. The molecule has 0 bridgehead atoms. The van der Waals surface area contributed by atoms with Crippen LogP contribution in [0.2, 0.25) is 5.02 Å². The Balaban J connectivity index is 2.73. The molecule has 0 saturated heterocycles. The number of benzene rings is 2. The van der Waals surface area contributed by atoms with Gasteiger partial charge in [-0.3, -0.25) is 0 Å². The zero-order chi connectivity index (χ0) is 12.4. The number of rotatable bonds is 2. The van der Waals surface area contributed by atoms with Crippen molar-refractivity contribution in [2.75, 3.05) is 7.11 Å². The maximum absolute atomic E-state index is 13.8. The maximum atomic E-state index is 13.8. The zero-order valence-corrected chi connectivity index (χ0v) is 11.3. The second-order valence-corrected chi connectivity index (χ2v) is 4.68. The van der Waals surface area contributed by atoms with Gasteiger partial charge in [0.2, 0.25) is 0 Å². The van der Waals surface area contributed by atoms with E-state index in [1.165, 1.54) is 6.07 Å². The van der Waals surface area contributed by atoms with E-state index < -0.39 is 0 Å². The van der Waals surface area contributed by atoms with E-state index in [1.54, 1.807) is 25.3 Å². The molecule has 0 aromatic heterocycles. The van der Waals surface area contributed by atoms with Gasteiger partial charge in [0.05, 0.1) is 16.6 Å². The van der Waals surface area contributed by atoms with E-state index in [-0.39, 0.29) is 5.82 Å². The van der Waals surface area contributed by atoms with Crippen LogP contribution in [-0.4, -0.2) is 7.11 Å². The smallest absolute Gasteiger partial charge is 0.141 e. The fraction of sp³-hybridized carbons (Fsp3) is 0.0769. The van der Waals surface area contributed by atoms with Crippen molar-refractivity contribution in [2.24, 2.45) is 0 Å². The van der Waals surface area contributed by atoms with Gasteiger partial charge < -0.3 is 4.74 Å². The van der Waals surface area contributed by atoms with Crippen LogP contribution >= 0.6 is 27.5 Å². The van der Waals surface area contributed by atoms with Gasteiger partial charge >= 0.3 is 0 Å². The Bertz CT molecular complexity index is 537. The molecular weight excluding hydrogens is 306 g/mol. The molecule has 0 fully saturated rings. The average molecular weight is 316 g/mol. The molecular formula is C13H9BrClFO. The summed E-state index contributed by atoms with van der Waals surface area (Å²) in [6.07, 6.45) is 0. The normalized spacial score (nSPS) is 10.4. The van der Waals surface area contributed by atoms with Gasteiger partial charge in [0, 0.05) is 11.1 Å². The Morgan fingerprint density at radius 2 is 1.88 bits per heavy atom. The molecule has 0 spiro atoms. The van der Waals surface area contributed by atoms with Gasteiger partial charge in [0.1, 0.15) is 11.6 Å². The van der Waals surface area contributed by atoms with Gasteiger partial charge in [-0.15, -0.1) is 0 Å². The number of para-hydroxylation sites is 1. The van der Waals surface area contributed by atoms with Crippen molar-refractivity contribution in [2.45, 2.75) is 0 Å². The zero-order valence-electron chi connectivity index (χ0n) is 9.01. The molecule has 0 aliphatic heterocycles. The van der Waals surface area contributed by atoms with E-state index in [9.17, 15) is 4.39 Å². The molecule has 0 atom stereocenters. The lowest BCUT2D eigenvalue weighted by atomic mass is 10.0. The van der Waals surface area contributed by atoms with Gasteiger partial charge in [-0.2, -0.15) is 0 Å². The lowest BCUT2D eigenvalue weighted by molar-refractivity contribution is 0.413. The highest BCUT2D eigenvalue weighted by Gasteiger charge is 2.15.